The molecular weight excluding hydrogens is 1070 g/mol. The van der Waals surface area contributed by atoms with Crippen LogP contribution in [-0.2, 0) is 55.8 Å². The normalized spacial score (nSPS) is 15.1. The van der Waals surface area contributed by atoms with Crippen molar-refractivity contribution in [2.45, 2.75) is 245 Å². The van der Waals surface area contributed by atoms with Gasteiger partial charge in [0.15, 0.2) is 6.10 Å². The number of carbonyl (C=O) groups is 3. The standard InChI is InChI=1S/C63H108O16P2/c1-4-7-10-13-16-19-22-25-27-28-30-33-34-37-40-43-46-49-61(66)73-52-58(64)53-75-80(69,70)76-54-59(65)55-77-81(71,72)78-57-60(79-63(68)51-48-45-42-39-36-31-24-21-18-15-12-9-6-3)56-74-62(67)50-47-44-41-38-35-32-29-26-23-20-17-14-11-8-5-2/h7-8,10-12,15-17,19-21,24-27,29,58-60,64-65H,4-6,9,13-14,18,22-23,28,30-57H2,1-3H3,(H,69,70)(H,71,72)/b10-7-,11-8-,15-12-,19-16-,20-17-,24-21-,27-25-,29-26-. The minimum atomic E-state index is -4.93. The van der Waals surface area contributed by atoms with Crippen LogP contribution in [0.25, 0.3) is 0 Å². The highest BCUT2D eigenvalue weighted by atomic mass is 31.2. The van der Waals surface area contributed by atoms with Gasteiger partial charge < -0.3 is 34.2 Å². The van der Waals surface area contributed by atoms with Crippen LogP contribution in [-0.4, -0.2) is 95.9 Å². The average molecular weight is 1180 g/mol. The van der Waals surface area contributed by atoms with Crippen LogP contribution in [0.3, 0.4) is 0 Å². The Bertz CT molecular complexity index is 1870. The molecule has 0 saturated heterocycles. The van der Waals surface area contributed by atoms with Crippen LogP contribution in [0.2, 0.25) is 0 Å². The number of unbranched alkanes of at least 4 members (excludes halogenated alkanes) is 18. The van der Waals surface area contributed by atoms with E-state index in [9.17, 15) is 43.5 Å². The Labute approximate surface area is 488 Å². The van der Waals surface area contributed by atoms with Crippen molar-refractivity contribution in [3.8, 4) is 0 Å². The summed E-state index contributed by atoms with van der Waals surface area (Å²) >= 11 is 0. The highest BCUT2D eigenvalue weighted by Gasteiger charge is 2.29. The van der Waals surface area contributed by atoms with Crippen LogP contribution in [0.15, 0.2) is 97.2 Å². The van der Waals surface area contributed by atoms with Crippen molar-refractivity contribution in [3.63, 3.8) is 0 Å². The maximum absolute atomic E-state index is 12.8. The number of aliphatic hydroxyl groups excluding tert-OH is 2. The number of phosphoric ester groups is 2. The fourth-order valence-electron chi connectivity index (χ4n) is 7.63. The van der Waals surface area contributed by atoms with Crippen molar-refractivity contribution < 1.29 is 75.8 Å². The first-order valence-corrected chi connectivity index (χ1v) is 33.5. The van der Waals surface area contributed by atoms with E-state index in [2.05, 4.69) is 118 Å². The molecule has 0 saturated carbocycles. The van der Waals surface area contributed by atoms with Crippen LogP contribution in [0.5, 0.6) is 0 Å². The molecule has 0 radical (unpaired) electrons. The van der Waals surface area contributed by atoms with Gasteiger partial charge in [-0.3, -0.25) is 32.5 Å². The molecule has 0 bridgehead atoms. The summed E-state index contributed by atoms with van der Waals surface area (Å²) < 4.78 is 60.6. The Morgan fingerprint density at radius 2 is 0.654 bits per heavy atom. The van der Waals surface area contributed by atoms with Crippen LogP contribution < -0.4 is 0 Å². The number of aliphatic hydroxyl groups is 2. The van der Waals surface area contributed by atoms with E-state index >= 15 is 0 Å². The smallest absolute Gasteiger partial charge is 0.463 e. The highest BCUT2D eigenvalue weighted by Crippen LogP contribution is 2.45. The van der Waals surface area contributed by atoms with Gasteiger partial charge in [0.25, 0.3) is 0 Å². The Kier molecular flexibility index (Phi) is 54.4. The zero-order chi connectivity index (χ0) is 59.6. The Morgan fingerprint density at radius 3 is 1.04 bits per heavy atom. The number of hydrogen-bond acceptors (Lipinski definition) is 14. The van der Waals surface area contributed by atoms with Crippen molar-refractivity contribution in [1.29, 1.82) is 0 Å². The van der Waals surface area contributed by atoms with Crippen LogP contribution in [0.4, 0.5) is 0 Å². The summed E-state index contributed by atoms with van der Waals surface area (Å²) in [7, 11) is -9.77. The van der Waals surface area contributed by atoms with E-state index in [1.807, 2.05) is 0 Å². The summed E-state index contributed by atoms with van der Waals surface area (Å²) in [5.41, 5.74) is 0. The Balaban J connectivity index is 4.70. The fourth-order valence-corrected chi connectivity index (χ4v) is 9.22. The number of ether oxygens (including phenoxy) is 3. The lowest BCUT2D eigenvalue weighted by atomic mass is 10.1. The second kappa shape index (κ2) is 56.9. The van der Waals surface area contributed by atoms with Gasteiger partial charge in [0.1, 0.15) is 25.4 Å². The molecule has 0 aromatic rings. The highest BCUT2D eigenvalue weighted by molar-refractivity contribution is 7.47. The molecule has 0 heterocycles. The third kappa shape index (κ3) is 58.1. The third-order valence-electron chi connectivity index (χ3n) is 12.3. The second-order valence-electron chi connectivity index (χ2n) is 20.1. The first kappa shape index (κ1) is 77.5. The number of phosphoric acid groups is 2. The van der Waals surface area contributed by atoms with Gasteiger partial charge in [0.05, 0.1) is 26.4 Å². The maximum Gasteiger partial charge on any atom is 0.472 e. The topological polar surface area (TPSA) is 231 Å². The van der Waals surface area contributed by atoms with E-state index in [-0.39, 0.29) is 19.3 Å². The molecule has 5 unspecified atom stereocenters. The minimum absolute atomic E-state index is 0.0826. The monoisotopic (exact) mass is 1180 g/mol. The lowest BCUT2D eigenvalue weighted by Gasteiger charge is -2.21. The van der Waals surface area contributed by atoms with E-state index in [0.29, 0.717) is 19.3 Å². The lowest BCUT2D eigenvalue weighted by molar-refractivity contribution is -0.161. The van der Waals surface area contributed by atoms with Crippen LogP contribution >= 0.6 is 15.6 Å². The quantitative estimate of drug-likeness (QED) is 0.0146. The van der Waals surface area contributed by atoms with Gasteiger partial charge in [-0.15, -0.1) is 0 Å². The van der Waals surface area contributed by atoms with Gasteiger partial charge in [0.2, 0.25) is 0 Å². The zero-order valence-corrected chi connectivity index (χ0v) is 51.7. The maximum atomic E-state index is 12.8. The number of hydrogen-bond donors (Lipinski definition) is 4. The molecule has 4 N–H and O–H groups in total. The molecule has 81 heavy (non-hydrogen) atoms. The molecule has 0 aromatic heterocycles. The van der Waals surface area contributed by atoms with E-state index in [1.165, 1.54) is 0 Å². The summed E-state index contributed by atoms with van der Waals surface area (Å²) in [5.74, 6) is -1.63. The van der Waals surface area contributed by atoms with E-state index in [4.69, 9.17) is 32.3 Å². The van der Waals surface area contributed by atoms with E-state index < -0.39 is 91.5 Å². The third-order valence-corrected chi connectivity index (χ3v) is 14.2. The van der Waals surface area contributed by atoms with Gasteiger partial charge >= 0.3 is 33.6 Å². The molecule has 0 fully saturated rings. The first-order chi connectivity index (χ1) is 39.2. The molecule has 0 aliphatic carbocycles. The van der Waals surface area contributed by atoms with Gasteiger partial charge in [-0.2, -0.15) is 0 Å². The molecule has 466 valence electrons. The summed E-state index contributed by atoms with van der Waals surface area (Å²) in [6.45, 7) is 2.30. The van der Waals surface area contributed by atoms with Gasteiger partial charge in [0, 0.05) is 19.3 Å². The molecule has 0 aromatic carbocycles. The SMILES string of the molecule is CC/C=C\C/C=C\C/C=C\CCCCCCCCCC(=O)OCC(O)COP(=O)(O)OCC(O)COP(=O)(O)OCC(COC(=O)CCCCCCC/C=C\C/C=C\C/C=C\CC)OC(=O)CCCCCCC/C=C\C/C=C\CCC. The Hall–Kier alpha value is -3.53. The molecule has 16 nitrogen and oxygen atoms in total. The van der Waals surface area contributed by atoms with Crippen molar-refractivity contribution in [2.24, 2.45) is 0 Å². The van der Waals surface area contributed by atoms with Crippen molar-refractivity contribution >= 4 is 33.6 Å². The van der Waals surface area contributed by atoms with E-state index in [1.54, 1.807) is 0 Å². The molecule has 0 rings (SSSR count). The van der Waals surface area contributed by atoms with Crippen molar-refractivity contribution in [2.75, 3.05) is 39.6 Å². The predicted octanol–water partition coefficient (Wildman–Crippen LogP) is 16.0. The molecular formula is C63H108O16P2. The number of carbonyl (C=O) groups excluding carboxylic acids is 3. The summed E-state index contributed by atoms with van der Waals surface area (Å²) in [6, 6.07) is 0. The predicted molar refractivity (Wildman–Crippen MR) is 325 cm³/mol. The molecule has 0 aliphatic heterocycles. The van der Waals surface area contributed by atoms with Gasteiger partial charge in [-0.05, 0) is 109 Å². The lowest BCUT2D eigenvalue weighted by Crippen LogP contribution is -2.30. The van der Waals surface area contributed by atoms with Crippen molar-refractivity contribution in [1.82, 2.24) is 0 Å². The van der Waals surface area contributed by atoms with Crippen LogP contribution in [0.1, 0.15) is 226 Å². The number of allylic oxidation sites excluding steroid dienone is 16. The van der Waals surface area contributed by atoms with Crippen molar-refractivity contribution in [3.05, 3.63) is 97.2 Å². The summed E-state index contributed by atoms with van der Waals surface area (Å²) in [6.07, 6.45) is 59.0. The van der Waals surface area contributed by atoms with Gasteiger partial charge in [-0.25, -0.2) is 9.13 Å². The second-order valence-corrected chi connectivity index (χ2v) is 23.0. The fraction of sp³-hybridized carbons (Fsp3) is 0.698. The Morgan fingerprint density at radius 1 is 0.358 bits per heavy atom. The molecule has 0 amide bonds. The molecule has 5 atom stereocenters. The number of esters is 3. The van der Waals surface area contributed by atoms with E-state index in [0.717, 1.165) is 167 Å². The summed E-state index contributed by atoms with van der Waals surface area (Å²) in [5, 5.41) is 20.5. The number of rotatable bonds is 57. The minimum Gasteiger partial charge on any atom is -0.463 e. The molecule has 0 spiro atoms. The largest absolute Gasteiger partial charge is 0.472 e. The first-order valence-electron chi connectivity index (χ1n) is 30.5. The van der Waals surface area contributed by atoms with Gasteiger partial charge in [-0.1, -0.05) is 195 Å². The van der Waals surface area contributed by atoms with Crippen LogP contribution in [0, 0.1) is 0 Å². The molecule has 0 aliphatic rings. The molecule has 18 heteroatoms. The zero-order valence-electron chi connectivity index (χ0n) is 49.9. The summed E-state index contributed by atoms with van der Waals surface area (Å²) in [4.78, 5) is 58.1. The average Bonchev–Trinajstić information content (AvgIpc) is 3.44.